The second-order valence-electron chi connectivity index (χ2n) is 7.95. The average molecular weight is 456 g/mol. The Balaban J connectivity index is 1.24. The number of anilines is 1. The number of rotatable bonds is 7. The molecule has 1 aromatic heterocycles. The van der Waals surface area contributed by atoms with Crippen LogP contribution in [0.1, 0.15) is 5.56 Å². The number of halogens is 1. The number of benzene rings is 2. The Hall–Kier alpha value is -2.58. The normalized spacial score (nSPS) is 23.4. The molecule has 0 saturated carbocycles. The molecule has 2 atom stereocenters. The molecule has 2 unspecified atom stereocenters. The summed E-state index contributed by atoms with van der Waals surface area (Å²) in [4.78, 5) is 6.45. The van der Waals surface area contributed by atoms with E-state index in [0.717, 1.165) is 37.6 Å². The topological polar surface area (TPSA) is 58.0 Å². The fraction of sp³-hybridized carbons (Fsp3) is 0.375. The second kappa shape index (κ2) is 9.50. The lowest BCUT2D eigenvalue weighted by molar-refractivity contribution is -0.189. The first-order valence-corrected chi connectivity index (χ1v) is 11.2. The van der Waals surface area contributed by atoms with Gasteiger partial charge in [-0.1, -0.05) is 23.7 Å². The number of hydrogen-bond acceptors (Lipinski definition) is 6. The summed E-state index contributed by atoms with van der Waals surface area (Å²) in [5.41, 5.74) is 2.05. The Morgan fingerprint density at radius 2 is 1.97 bits per heavy atom. The predicted molar refractivity (Wildman–Crippen MR) is 121 cm³/mol. The predicted octanol–water partition coefficient (Wildman–Crippen LogP) is 3.72. The molecular formula is C24H26ClN3O4. The highest BCUT2D eigenvalue weighted by atomic mass is 35.5. The zero-order chi connectivity index (χ0) is 21.8. The summed E-state index contributed by atoms with van der Waals surface area (Å²) in [6.07, 6.45) is 5.16. The van der Waals surface area contributed by atoms with Gasteiger partial charge in [-0.05, 0) is 36.4 Å². The van der Waals surface area contributed by atoms with Crippen molar-refractivity contribution >= 4 is 17.3 Å². The monoisotopic (exact) mass is 455 g/mol. The van der Waals surface area contributed by atoms with Gasteiger partial charge in [0.05, 0.1) is 32.7 Å². The van der Waals surface area contributed by atoms with E-state index in [9.17, 15) is 0 Å². The van der Waals surface area contributed by atoms with Gasteiger partial charge in [0.25, 0.3) is 0 Å². The molecule has 0 radical (unpaired) electrons. The summed E-state index contributed by atoms with van der Waals surface area (Å²) in [6, 6.07) is 15.8. The van der Waals surface area contributed by atoms with Gasteiger partial charge in [-0.2, -0.15) is 0 Å². The van der Waals surface area contributed by atoms with Crippen molar-refractivity contribution in [2.75, 3.05) is 44.4 Å². The molecule has 3 heterocycles. The minimum atomic E-state index is -0.945. The quantitative estimate of drug-likeness (QED) is 0.541. The van der Waals surface area contributed by atoms with Crippen molar-refractivity contribution in [3.8, 4) is 5.75 Å². The fourth-order valence-corrected chi connectivity index (χ4v) is 4.27. The van der Waals surface area contributed by atoms with Gasteiger partial charge in [-0.3, -0.25) is 0 Å². The molecule has 5 rings (SSSR count). The number of nitrogens with zero attached hydrogens (tertiary/aromatic N) is 3. The van der Waals surface area contributed by atoms with Crippen LogP contribution in [0.25, 0.3) is 0 Å². The van der Waals surface area contributed by atoms with E-state index in [1.165, 1.54) is 5.69 Å². The Kier molecular flexibility index (Phi) is 6.32. The molecule has 2 aromatic carbocycles. The molecule has 0 aliphatic carbocycles. The van der Waals surface area contributed by atoms with Crippen LogP contribution in [0, 0.1) is 0 Å². The molecule has 2 aliphatic rings. The average Bonchev–Trinajstić information content (AvgIpc) is 3.50. The molecule has 0 bridgehead atoms. The summed E-state index contributed by atoms with van der Waals surface area (Å²) >= 11 is 6.25. The second-order valence-corrected chi connectivity index (χ2v) is 8.39. The summed E-state index contributed by atoms with van der Waals surface area (Å²) in [5.74, 6) is -0.139. The highest BCUT2D eigenvalue weighted by Gasteiger charge is 2.44. The third-order valence-corrected chi connectivity index (χ3v) is 5.96. The molecule has 0 N–H and O–H groups in total. The van der Waals surface area contributed by atoms with E-state index in [1.54, 1.807) is 12.5 Å². The highest BCUT2D eigenvalue weighted by Crippen LogP contribution is 2.37. The van der Waals surface area contributed by atoms with Crippen molar-refractivity contribution in [1.29, 1.82) is 0 Å². The van der Waals surface area contributed by atoms with Crippen LogP contribution < -0.4 is 9.64 Å². The summed E-state index contributed by atoms with van der Waals surface area (Å²) < 4.78 is 26.0. The Labute approximate surface area is 192 Å². The van der Waals surface area contributed by atoms with E-state index in [2.05, 4.69) is 22.0 Å². The first-order valence-electron chi connectivity index (χ1n) is 10.8. The maximum absolute atomic E-state index is 6.43. The van der Waals surface area contributed by atoms with Gasteiger partial charge in [0.15, 0.2) is 0 Å². The third kappa shape index (κ3) is 4.76. The largest absolute Gasteiger partial charge is 0.491 e. The number of imidazole rings is 1. The summed E-state index contributed by atoms with van der Waals surface area (Å²) in [6.45, 7) is 4.65. The maximum Gasteiger partial charge on any atom is 0.214 e. The maximum atomic E-state index is 6.43. The summed E-state index contributed by atoms with van der Waals surface area (Å²) in [5, 5.41) is 0.639. The molecule has 0 spiro atoms. The zero-order valence-corrected chi connectivity index (χ0v) is 18.5. The summed E-state index contributed by atoms with van der Waals surface area (Å²) in [7, 11) is 0. The number of ether oxygens (including phenoxy) is 4. The van der Waals surface area contributed by atoms with Gasteiger partial charge in [-0.25, -0.2) is 4.98 Å². The van der Waals surface area contributed by atoms with Crippen molar-refractivity contribution < 1.29 is 18.9 Å². The number of morpholine rings is 1. The molecule has 2 saturated heterocycles. The highest BCUT2D eigenvalue weighted by molar-refractivity contribution is 6.30. The minimum absolute atomic E-state index is 0.212. The lowest BCUT2D eigenvalue weighted by Crippen LogP contribution is -2.36. The van der Waals surface area contributed by atoms with Crippen LogP contribution in [-0.4, -0.2) is 55.2 Å². The molecule has 2 aliphatic heterocycles. The van der Waals surface area contributed by atoms with Gasteiger partial charge < -0.3 is 28.4 Å². The van der Waals surface area contributed by atoms with Crippen molar-refractivity contribution in [2.45, 2.75) is 18.4 Å². The minimum Gasteiger partial charge on any atom is -0.491 e. The zero-order valence-electron chi connectivity index (χ0n) is 17.7. The first kappa shape index (κ1) is 21.3. The van der Waals surface area contributed by atoms with Gasteiger partial charge >= 0.3 is 0 Å². The van der Waals surface area contributed by atoms with E-state index in [1.807, 2.05) is 47.2 Å². The molecule has 3 aromatic rings. The van der Waals surface area contributed by atoms with Gasteiger partial charge in [0.2, 0.25) is 5.79 Å². The van der Waals surface area contributed by atoms with Gasteiger partial charge in [-0.15, -0.1) is 0 Å². The van der Waals surface area contributed by atoms with E-state index in [4.69, 9.17) is 30.5 Å². The third-order valence-electron chi connectivity index (χ3n) is 5.72. The van der Waals surface area contributed by atoms with Gasteiger partial charge in [0, 0.05) is 41.8 Å². The number of hydrogen-bond donors (Lipinski definition) is 0. The van der Waals surface area contributed by atoms with E-state index < -0.39 is 5.79 Å². The van der Waals surface area contributed by atoms with Crippen LogP contribution in [-0.2, 0) is 26.5 Å². The van der Waals surface area contributed by atoms with Crippen molar-refractivity contribution in [1.82, 2.24) is 9.55 Å². The SMILES string of the molecule is Clc1cccc(C2(Cn3ccnc3)OCC(COc3ccc(N4CCOCC4)cc3)O2)c1. The van der Waals surface area contributed by atoms with Crippen LogP contribution in [0.3, 0.4) is 0 Å². The molecule has 8 heteroatoms. The van der Waals surface area contributed by atoms with Crippen LogP contribution in [0.4, 0.5) is 5.69 Å². The Bertz CT molecular complexity index is 1010. The molecule has 2 fully saturated rings. The van der Waals surface area contributed by atoms with E-state index in [0.29, 0.717) is 24.8 Å². The molecule has 0 amide bonds. The smallest absolute Gasteiger partial charge is 0.214 e. The number of aromatic nitrogens is 2. The van der Waals surface area contributed by atoms with Crippen molar-refractivity contribution in [3.05, 3.63) is 77.8 Å². The van der Waals surface area contributed by atoms with Crippen LogP contribution >= 0.6 is 11.6 Å². The molecule has 168 valence electrons. The Morgan fingerprint density at radius 1 is 1.12 bits per heavy atom. The Morgan fingerprint density at radius 3 is 2.72 bits per heavy atom. The lowest BCUT2D eigenvalue weighted by atomic mass is 10.1. The van der Waals surface area contributed by atoms with Gasteiger partial charge in [0.1, 0.15) is 18.5 Å². The van der Waals surface area contributed by atoms with Crippen molar-refractivity contribution in [2.24, 2.45) is 0 Å². The van der Waals surface area contributed by atoms with Crippen LogP contribution in [0.15, 0.2) is 67.3 Å². The first-order chi connectivity index (χ1) is 15.7. The van der Waals surface area contributed by atoms with E-state index in [-0.39, 0.29) is 6.10 Å². The van der Waals surface area contributed by atoms with E-state index >= 15 is 0 Å². The standard InChI is InChI=1S/C24H26ClN3O4/c25-20-3-1-2-19(14-20)24(17-27-9-8-26-18-27)31-16-23(32-24)15-30-22-6-4-21(5-7-22)28-10-12-29-13-11-28/h1-9,14,18,23H,10-13,15-17H2. The molecule has 32 heavy (non-hydrogen) atoms. The fourth-order valence-electron chi connectivity index (χ4n) is 4.08. The lowest BCUT2D eigenvalue weighted by Gasteiger charge is -2.29. The molecular weight excluding hydrogens is 430 g/mol. The van der Waals surface area contributed by atoms with Crippen LogP contribution in [0.5, 0.6) is 5.75 Å². The molecule has 7 nitrogen and oxygen atoms in total. The van der Waals surface area contributed by atoms with Crippen molar-refractivity contribution in [3.63, 3.8) is 0 Å². The van der Waals surface area contributed by atoms with Crippen LogP contribution in [0.2, 0.25) is 5.02 Å².